The lowest BCUT2D eigenvalue weighted by atomic mass is 9.38. The summed E-state index contributed by atoms with van der Waals surface area (Å²) in [6.07, 6.45) is -13.2. The maximum Gasteiger partial charge on any atom is 0.341 e. The van der Waals surface area contributed by atoms with Crippen LogP contribution in [0.2, 0.25) is 0 Å². The van der Waals surface area contributed by atoms with Crippen LogP contribution in [0.25, 0.3) is 0 Å². The number of methoxy groups -OCH3 is 1. The zero-order chi connectivity index (χ0) is 30.7. The van der Waals surface area contributed by atoms with Crippen molar-refractivity contribution in [3.63, 3.8) is 0 Å². The van der Waals surface area contributed by atoms with Crippen molar-refractivity contribution >= 4 is 17.7 Å². The number of ether oxygens (including phenoxy) is 5. The van der Waals surface area contributed by atoms with E-state index in [1.807, 2.05) is 0 Å². The van der Waals surface area contributed by atoms with E-state index in [1.165, 1.54) is 6.08 Å². The first-order valence-corrected chi connectivity index (χ1v) is 13.9. The molecule has 0 amide bonds. The van der Waals surface area contributed by atoms with Gasteiger partial charge in [-0.25, -0.2) is 9.59 Å². The number of fused-ring (bicyclic) bond motifs is 2. The van der Waals surface area contributed by atoms with E-state index in [9.17, 15) is 50.1 Å². The number of Topliss-reactive ketones (excluding diaryl/α,β-unsaturated/α-hetero) is 1. The number of hydrogen-bond donors (Lipinski definition) is 7. The van der Waals surface area contributed by atoms with Gasteiger partial charge in [-0.05, 0) is 23.8 Å². The molecule has 42 heavy (non-hydrogen) atoms. The van der Waals surface area contributed by atoms with Gasteiger partial charge in [0.15, 0.2) is 23.2 Å². The van der Waals surface area contributed by atoms with E-state index in [1.54, 1.807) is 13.8 Å². The smallest absolute Gasteiger partial charge is 0.341 e. The molecule has 16 atom stereocenters. The maximum atomic E-state index is 13.6. The summed E-state index contributed by atoms with van der Waals surface area (Å²) in [6, 6.07) is 0. The van der Waals surface area contributed by atoms with Crippen molar-refractivity contribution in [2.45, 2.75) is 81.0 Å². The summed E-state index contributed by atoms with van der Waals surface area (Å²) < 4.78 is 27.8. The van der Waals surface area contributed by atoms with E-state index in [2.05, 4.69) is 0 Å². The van der Waals surface area contributed by atoms with Crippen molar-refractivity contribution in [2.75, 3.05) is 20.3 Å². The molecule has 0 radical (unpaired) electrons. The number of ketones is 1. The highest BCUT2D eigenvalue weighted by Crippen LogP contribution is 2.72. The molecule has 6 rings (SSSR count). The van der Waals surface area contributed by atoms with Crippen molar-refractivity contribution in [3.05, 3.63) is 11.8 Å². The normalized spacial score (nSPS) is 54.7. The highest BCUT2D eigenvalue weighted by atomic mass is 16.7. The molecule has 0 aromatic rings. The standard InChI is InChI=1S/C27H36O15/c1-8-9-4-12-26-7-39-27(24(37)38-3,20(26)18(34)22(36)42-12)21(35)17(33)19(26)25(9,2)5-10(13(8)29)40-23-16(32)15(31)14(30)11(6-28)41-23/h5,8-9,11-12,14-21,23,28,30-35H,4,6-7H2,1-3H3. The van der Waals surface area contributed by atoms with Gasteiger partial charge in [0.1, 0.15) is 36.6 Å². The van der Waals surface area contributed by atoms with Gasteiger partial charge in [0, 0.05) is 17.3 Å². The average Bonchev–Trinajstić information content (AvgIpc) is 3.27. The van der Waals surface area contributed by atoms with E-state index >= 15 is 0 Å². The van der Waals surface area contributed by atoms with Crippen LogP contribution in [0.5, 0.6) is 0 Å². The Morgan fingerprint density at radius 3 is 2.38 bits per heavy atom. The van der Waals surface area contributed by atoms with Gasteiger partial charge in [0.05, 0.1) is 32.3 Å². The van der Waals surface area contributed by atoms with E-state index in [0.717, 1.165) is 7.11 Å². The van der Waals surface area contributed by atoms with Crippen molar-refractivity contribution in [1.29, 1.82) is 0 Å². The Morgan fingerprint density at radius 1 is 1.05 bits per heavy atom. The Hall–Kier alpha value is -2.21. The summed E-state index contributed by atoms with van der Waals surface area (Å²) in [4.78, 5) is 39.6. The van der Waals surface area contributed by atoms with Crippen molar-refractivity contribution in [1.82, 2.24) is 0 Å². The van der Waals surface area contributed by atoms with Gasteiger partial charge in [0.25, 0.3) is 0 Å². The Balaban J connectivity index is 1.47. The first-order chi connectivity index (χ1) is 19.7. The Morgan fingerprint density at radius 2 is 1.74 bits per heavy atom. The van der Waals surface area contributed by atoms with Crippen LogP contribution in [0, 0.1) is 34.5 Å². The molecule has 0 aromatic carbocycles. The third-order valence-electron chi connectivity index (χ3n) is 10.9. The van der Waals surface area contributed by atoms with Crippen molar-refractivity contribution in [2.24, 2.45) is 34.5 Å². The third-order valence-corrected chi connectivity index (χ3v) is 10.9. The second-order valence-corrected chi connectivity index (χ2v) is 12.6. The number of rotatable bonds is 4. The molecular weight excluding hydrogens is 564 g/mol. The van der Waals surface area contributed by atoms with E-state index in [-0.39, 0.29) is 18.8 Å². The summed E-state index contributed by atoms with van der Waals surface area (Å²) in [5.41, 5.74) is -4.87. The largest absolute Gasteiger partial charge is 0.467 e. The second-order valence-electron chi connectivity index (χ2n) is 12.6. The lowest BCUT2D eigenvalue weighted by Gasteiger charge is -2.67. The van der Waals surface area contributed by atoms with Gasteiger partial charge in [-0.3, -0.25) is 4.79 Å². The summed E-state index contributed by atoms with van der Waals surface area (Å²) in [6.45, 7) is 2.32. The highest BCUT2D eigenvalue weighted by Gasteiger charge is 2.84. The minimum absolute atomic E-state index is 0.0854. The highest BCUT2D eigenvalue weighted by molar-refractivity contribution is 5.96. The minimum Gasteiger partial charge on any atom is -0.467 e. The van der Waals surface area contributed by atoms with Gasteiger partial charge in [-0.1, -0.05) is 13.8 Å². The predicted molar refractivity (Wildman–Crippen MR) is 131 cm³/mol. The monoisotopic (exact) mass is 600 g/mol. The molecule has 1 spiro atoms. The molecule has 5 fully saturated rings. The zero-order valence-corrected chi connectivity index (χ0v) is 23.1. The first-order valence-electron chi connectivity index (χ1n) is 13.9. The molecule has 0 aromatic heterocycles. The van der Waals surface area contributed by atoms with Crippen molar-refractivity contribution in [3.8, 4) is 0 Å². The average molecular weight is 601 g/mol. The SMILES string of the molecule is COC(=O)C12OCC34C(CC5C(C)C(=O)C(OC6OC(CO)C(O)C(O)C6O)=CC5(C)C3C(O)C1O)OC(=O)C(O)C24. The minimum atomic E-state index is -2.26. The summed E-state index contributed by atoms with van der Waals surface area (Å²) >= 11 is 0. The molecule has 234 valence electrons. The lowest BCUT2D eigenvalue weighted by molar-refractivity contribution is -0.295. The quantitative estimate of drug-likeness (QED) is 0.153. The molecular formula is C27H36O15. The van der Waals surface area contributed by atoms with Crippen LogP contribution in [0.4, 0.5) is 0 Å². The molecule has 7 N–H and O–H groups in total. The molecule has 15 heteroatoms. The molecule has 3 saturated heterocycles. The first kappa shape index (κ1) is 29.8. The predicted octanol–water partition coefficient (Wildman–Crippen LogP) is -3.89. The summed E-state index contributed by atoms with van der Waals surface area (Å²) in [5.74, 6) is -6.74. The Bertz CT molecular complexity index is 1200. The van der Waals surface area contributed by atoms with Crippen LogP contribution >= 0.6 is 0 Å². The summed E-state index contributed by atoms with van der Waals surface area (Å²) in [7, 11) is 1.06. The van der Waals surface area contributed by atoms with Crippen LogP contribution in [0.15, 0.2) is 11.8 Å². The molecule has 15 nitrogen and oxygen atoms in total. The lowest BCUT2D eigenvalue weighted by Crippen LogP contribution is -2.79. The van der Waals surface area contributed by atoms with E-state index in [0.29, 0.717) is 0 Å². The number of aliphatic hydroxyl groups is 7. The van der Waals surface area contributed by atoms with Gasteiger partial charge in [-0.2, -0.15) is 0 Å². The topological polar surface area (TPSA) is 239 Å². The molecule has 3 aliphatic carbocycles. The molecule has 6 aliphatic rings. The van der Waals surface area contributed by atoms with E-state index < -0.39 is 120 Å². The fourth-order valence-electron chi connectivity index (χ4n) is 9.09. The van der Waals surface area contributed by atoms with Gasteiger partial charge in [-0.15, -0.1) is 0 Å². The number of carbonyl (C=O) groups is 3. The second kappa shape index (κ2) is 9.64. The summed E-state index contributed by atoms with van der Waals surface area (Å²) in [5, 5.41) is 74.8. The van der Waals surface area contributed by atoms with Gasteiger partial charge < -0.3 is 59.4 Å². The van der Waals surface area contributed by atoms with Crippen LogP contribution < -0.4 is 0 Å². The van der Waals surface area contributed by atoms with Crippen LogP contribution in [0.1, 0.15) is 20.3 Å². The molecule has 3 heterocycles. The van der Waals surface area contributed by atoms with Crippen LogP contribution in [-0.4, -0.2) is 135 Å². The van der Waals surface area contributed by atoms with Gasteiger partial charge >= 0.3 is 11.9 Å². The number of allylic oxidation sites excluding steroid dienone is 2. The third kappa shape index (κ3) is 3.45. The fraction of sp³-hybridized carbons (Fsp3) is 0.815. The number of aliphatic hydroxyl groups excluding tert-OH is 7. The number of esters is 2. The molecule has 3 aliphatic heterocycles. The molecule has 2 bridgehead atoms. The fourth-order valence-corrected chi connectivity index (χ4v) is 9.09. The van der Waals surface area contributed by atoms with E-state index in [4.69, 9.17) is 23.7 Å². The van der Waals surface area contributed by atoms with Crippen LogP contribution in [0.3, 0.4) is 0 Å². The number of hydrogen-bond acceptors (Lipinski definition) is 15. The zero-order valence-electron chi connectivity index (χ0n) is 23.1. The Labute approximate surface area is 239 Å². The van der Waals surface area contributed by atoms with Crippen molar-refractivity contribution < 1.29 is 73.8 Å². The van der Waals surface area contributed by atoms with Gasteiger partial charge in [0.2, 0.25) is 6.29 Å². The van der Waals surface area contributed by atoms with Crippen LogP contribution in [-0.2, 0) is 38.1 Å². The molecule has 16 unspecified atom stereocenters. The molecule has 2 saturated carbocycles. The maximum absolute atomic E-state index is 13.6. The Kier molecular flexibility index (Phi) is 6.85. The number of carbonyl (C=O) groups excluding carboxylic acids is 3.